The normalized spacial score (nSPS) is 30.0. The summed E-state index contributed by atoms with van der Waals surface area (Å²) in [5.41, 5.74) is 5.57. The van der Waals surface area contributed by atoms with Crippen molar-refractivity contribution < 1.29 is 13.5 Å². The van der Waals surface area contributed by atoms with Gasteiger partial charge in [-0.3, -0.25) is 0 Å². The van der Waals surface area contributed by atoms with E-state index in [4.69, 9.17) is 5.73 Å². The molecule has 0 spiro atoms. The molecular formula is C7H14ClF2NO. The summed E-state index contributed by atoms with van der Waals surface area (Å²) in [6.07, 6.45) is 3.03. The lowest BCUT2D eigenvalue weighted by Gasteiger charge is -2.27. The van der Waals surface area contributed by atoms with Gasteiger partial charge < -0.3 is 10.5 Å². The molecular weight excluding hydrogens is 188 g/mol. The topological polar surface area (TPSA) is 35.2 Å². The van der Waals surface area contributed by atoms with Crippen molar-refractivity contribution in [1.82, 2.24) is 0 Å². The number of alkyl halides is 2. The quantitative estimate of drug-likeness (QED) is 0.741. The van der Waals surface area contributed by atoms with Crippen LogP contribution in [0.15, 0.2) is 0 Å². The molecule has 5 heteroatoms. The zero-order chi connectivity index (χ0) is 8.27. The SMILES string of the molecule is Cl.N[C@@H]1CCCC[C@H]1OC(F)F. The predicted molar refractivity (Wildman–Crippen MR) is 44.6 cm³/mol. The lowest BCUT2D eigenvalue weighted by atomic mass is 9.93. The lowest BCUT2D eigenvalue weighted by Crippen LogP contribution is -2.40. The minimum atomic E-state index is -2.68. The monoisotopic (exact) mass is 201 g/mol. The van der Waals surface area contributed by atoms with Crippen molar-refractivity contribution in [1.29, 1.82) is 0 Å². The van der Waals surface area contributed by atoms with Crippen LogP contribution < -0.4 is 5.73 Å². The van der Waals surface area contributed by atoms with Crippen LogP contribution in [0.5, 0.6) is 0 Å². The van der Waals surface area contributed by atoms with E-state index in [2.05, 4.69) is 4.74 Å². The predicted octanol–water partition coefficient (Wildman–Crippen LogP) is 1.92. The van der Waals surface area contributed by atoms with Gasteiger partial charge in [0.25, 0.3) is 0 Å². The minimum Gasteiger partial charge on any atom is -0.325 e. The molecule has 0 saturated heterocycles. The first-order valence-electron chi connectivity index (χ1n) is 3.89. The maximum atomic E-state index is 11.7. The van der Waals surface area contributed by atoms with Crippen LogP contribution in [0.25, 0.3) is 0 Å². The lowest BCUT2D eigenvalue weighted by molar-refractivity contribution is -0.173. The second-order valence-corrected chi connectivity index (χ2v) is 2.88. The van der Waals surface area contributed by atoms with Gasteiger partial charge in [0.05, 0.1) is 6.10 Å². The van der Waals surface area contributed by atoms with Crippen LogP contribution in [-0.2, 0) is 4.74 Å². The van der Waals surface area contributed by atoms with Crippen molar-refractivity contribution in [2.24, 2.45) is 5.73 Å². The molecule has 1 rings (SSSR count). The van der Waals surface area contributed by atoms with Crippen LogP contribution in [0.4, 0.5) is 8.78 Å². The molecule has 1 aliphatic rings. The Morgan fingerprint density at radius 3 is 2.33 bits per heavy atom. The maximum Gasteiger partial charge on any atom is 0.345 e. The van der Waals surface area contributed by atoms with E-state index >= 15 is 0 Å². The van der Waals surface area contributed by atoms with E-state index < -0.39 is 12.7 Å². The van der Waals surface area contributed by atoms with Gasteiger partial charge >= 0.3 is 6.61 Å². The molecule has 0 aromatic heterocycles. The maximum absolute atomic E-state index is 11.7. The van der Waals surface area contributed by atoms with Gasteiger partial charge in [-0.05, 0) is 12.8 Å². The Balaban J connectivity index is 0.00000121. The first-order chi connectivity index (χ1) is 5.20. The van der Waals surface area contributed by atoms with E-state index in [0.717, 1.165) is 19.3 Å². The number of rotatable bonds is 2. The molecule has 2 atom stereocenters. The third-order valence-electron chi connectivity index (χ3n) is 2.03. The van der Waals surface area contributed by atoms with Gasteiger partial charge in [-0.1, -0.05) is 12.8 Å². The number of halogens is 3. The Bertz CT molecular complexity index is 126. The van der Waals surface area contributed by atoms with Crippen LogP contribution in [0.1, 0.15) is 25.7 Å². The summed E-state index contributed by atoms with van der Waals surface area (Å²) in [6.45, 7) is -2.68. The summed E-state index contributed by atoms with van der Waals surface area (Å²) in [4.78, 5) is 0. The van der Waals surface area contributed by atoms with Crippen LogP contribution in [-0.4, -0.2) is 18.8 Å². The highest BCUT2D eigenvalue weighted by Gasteiger charge is 2.24. The molecule has 0 aromatic carbocycles. The van der Waals surface area contributed by atoms with Gasteiger partial charge in [-0.15, -0.1) is 12.4 Å². The van der Waals surface area contributed by atoms with E-state index in [1.807, 2.05) is 0 Å². The van der Waals surface area contributed by atoms with Crippen molar-refractivity contribution in [3.8, 4) is 0 Å². The first-order valence-corrected chi connectivity index (χ1v) is 3.89. The van der Waals surface area contributed by atoms with Gasteiger partial charge in [0, 0.05) is 6.04 Å². The molecule has 74 valence electrons. The summed E-state index contributed by atoms with van der Waals surface area (Å²) in [7, 11) is 0. The van der Waals surface area contributed by atoms with Crippen molar-refractivity contribution in [3.63, 3.8) is 0 Å². The second kappa shape index (κ2) is 5.67. The molecule has 2 nitrogen and oxygen atoms in total. The molecule has 0 heterocycles. The summed E-state index contributed by atoms with van der Waals surface area (Å²) in [5.74, 6) is 0. The van der Waals surface area contributed by atoms with E-state index in [1.54, 1.807) is 0 Å². The number of nitrogens with two attached hydrogens (primary N) is 1. The van der Waals surface area contributed by atoms with E-state index in [0.29, 0.717) is 6.42 Å². The molecule has 1 saturated carbocycles. The Labute approximate surface area is 76.9 Å². The molecule has 1 fully saturated rings. The third-order valence-corrected chi connectivity index (χ3v) is 2.03. The van der Waals surface area contributed by atoms with E-state index in [1.165, 1.54) is 0 Å². The number of hydrogen-bond acceptors (Lipinski definition) is 2. The van der Waals surface area contributed by atoms with Gasteiger partial charge in [-0.2, -0.15) is 8.78 Å². The van der Waals surface area contributed by atoms with Crippen LogP contribution >= 0.6 is 12.4 Å². The average molecular weight is 202 g/mol. The fourth-order valence-electron chi connectivity index (χ4n) is 1.43. The number of hydrogen-bond donors (Lipinski definition) is 1. The molecule has 0 unspecified atom stereocenters. The second-order valence-electron chi connectivity index (χ2n) is 2.88. The van der Waals surface area contributed by atoms with E-state index in [-0.39, 0.29) is 18.4 Å². The largest absolute Gasteiger partial charge is 0.345 e. The van der Waals surface area contributed by atoms with Crippen LogP contribution in [0.3, 0.4) is 0 Å². The highest BCUT2D eigenvalue weighted by molar-refractivity contribution is 5.85. The highest BCUT2D eigenvalue weighted by Crippen LogP contribution is 2.21. The smallest absolute Gasteiger partial charge is 0.325 e. The average Bonchev–Trinajstić information content (AvgIpc) is 1.93. The van der Waals surface area contributed by atoms with Gasteiger partial charge in [0.1, 0.15) is 0 Å². The van der Waals surface area contributed by atoms with Crippen LogP contribution in [0, 0.1) is 0 Å². The van der Waals surface area contributed by atoms with Crippen molar-refractivity contribution in [3.05, 3.63) is 0 Å². The molecule has 0 aromatic rings. The fourth-order valence-corrected chi connectivity index (χ4v) is 1.43. The summed E-state index contributed by atoms with van der Waals surface area (Å²) in [5, 5.41) is 0. The third kappa shape index (κ3) is 3.65. The Morgan fingerprint density at radius 2 is 1.83 bits per heavy atom. The molecule has 1 aliphatic carbocycles. The Kier molecular flexibility index (Phi) is 5.70. The Hall–Kier alpha value is 0.0700. The van der Waals surface area contributed by atoms with Gasteiger partial charge in [-0.25, -0.2) is 0 Å². The van der Waals surface area contributed by atoms with Crippen molar-refractivity contribution in [2.45, 2.75) is 44.4 Å². The molecule has 12 heavy (non-hydrogen) atoms. The summed E-state index contributed by atoms with van der Waals surface area (Å²) >= 11 is 0. The fraction of sp³-hybridized carbons (Fsp3) is 1.00. The zero-order valence-electron chi connectivity index (χ0n) is 6.71. The van der Waals surface area contributed by atoms with Crippen molar-refractivity contribution >= 4 is 12.4 Å². The minimum absolute atomic E-state index is 0. The molecule has 2 N–H and O–H groups in total. The van der Waals surface area contributed by atoms with E-state index in [9.17, 15) is 8.78 Å². The molecule has 0 amide bonds. The summed E-state index contributed by atoms with van der Waals surface area (Å²) < 4.78 is 27.8. The van der Waals surface area contributed by atoms with Crippen LogP contribution in [0.2, 0.25) is 0 Å². The molecule has 0 aliphatic heterocycles. The molecule has 0 radical (unpaired) electrons. The van der Waals surface area contributed by atoms with Gasteiger partial charge in [0.2, 0.25) is 0 Å². The zero-order valence-corrected chi connectivity index (χ0v) is 7.53. The highest BCUT2D eigenvalue weighted by atomic mass is 35.5. The van der Waals surface area contributed by atoms with Gasteiger partial charge in [0.15, 0.2) is 0 Å². The standard InChI is InChI=1S/C7H13F2NO.ClH/c8-7(9)11-6-4-2-1-3-5(6)10;/h5-7H,1-4,10H2;1H/t5-,6-;/m1./s1. The van der Waals surface area contributed by atoms with Crippen molar-refractivity contribution in [2.75, 3.05) is 0 Å². The molecule has 0 bridgehead atoms. The Morgan fingerprint density at radius 1 is 1.25 bits per heavy atom. The first kappa shape index (κ1) is 12.1. The number of ether oxygens (including phenoxy) is 1. The summed E-state index contributed by atoms with van der Waals surface area (Å²) in [6, 6.07) is -0.197.